The van der Waals surface area contributed by atoms with Crippen LogP contribution in [0.1, 0.15) is 14.4 Å². The summed E-state index contributed by atoms with van der Waals surface area (Å²) >= 11 is 0. The van der Waals surface area contributed by atoms with Crippen molar-refractivity contribution in [3.05, 3.63) is 18.2 Å². The highest BCUT2D eigenvalue weighted by Gasteiger charge is 2.22. The summed E-state index contributed by atoms with van der Waals surface area (Å²) in [7, 11) is 0. The third kappa shape index (κ3) is 1.18. The quantitative estimate of drug-likeness (QED) is 0.645. The first-order valence-corrected chi connectivity index (χ1v) is 3.42. The van der Waals surface area contributed by atoms with Gasteiger partial charge in [-0.1, -0.05) is 13.5 Å². The second-order valence-electron chi connectivity index (χ2n) is 2.41. The molecule has 0 saturated carbocycles. The summed E-state index contributed by atoms with van der Waals surface area (Å²) < 4.78 is 10.4. The molecule has 1 aliphatic rings. The highest BCUT2D eigenvalue weighted by atomic mass is 16.7. The molecule has 3 heteroatoms. The highest BCUT2D eigenvalue weighted by molar-refractivity contribution is 5.51. The van der Waals surface area contributed by atoms with Gasteiger partial charge in [-0.25, -0.2) is 0 Å². The van der Waals surface area contributed by atoms with E-state index < -0.39 is 0 Å². The number of para-hydroxylation sites is 1. The zero-order valence-corrected chi connectivity index (χ0v) is 6.07. The van der Waals surface area contributed by atoms with Crippen molar-refractivity contribution >= 4 is 0 Å². The number of hydrogen-bond acceptors (Lipinski definition) is 3. The van der Waals surface area contributed by atoms with Crippen molar-refractivity contribution in [1.82, 2.24) is 0 Å². The van der Waals surface area contributed by atoms with Crippen LogP contribution in [0.2, 0.25) is 0 Å². The molecule has 0 amide bonds. The fraction of sp³-hybridized carbons (Fsp3) is 0.333. The highest BCUT2D eigenvalue weighted by Crippen LogP contribution is 2.41. The van der Waals surface area contributed by atoms with Crippen LogP contribution in [0.15, 0.2) is 18.2 Å². The Labute approximate surface area is 71.5 Å². The number of phenolic OH excluding ortho intramolecular Hbond substituents is 1. The molecule has 2 rings (SSSR count). The van der Waals surface area contributed by atoms with Gasteiger partial charge in [0.15, 0.2) is 11.5 Å². The molecule has 0 fully saturated rings. The van der Waals surface area contributed by atoms with Crippen molar-refractivity contribution < 1.29 is 14.6 Å². The monoisotopic (exact) mass is 168 g/mol. The van der Waals surface area contributed by atoms with Gasteiger partial charge in [0.1, 0.15) is 0 Å². The zero-order valence-electron chi connectivity index (χ0n) is 6.07. The van der Waals surface area contributed by atoms with Crippen molar-refractivity contribution in [2.45, 2.75) is 20.6 Å². The molecule has 12 heavy (non-hydrogen) atoms. The fourth-order valence-electron chi connectivity index (χ4n) is 1.08. The van der Waals surface area contributed by atoms with E-state index in [-0.39, 0.29) is 19.5 Å². The maximum Gasteiger partial charge on any atom is 0.239 e. The first kappa shape index (κ1) is 8.71. The number of aromatic hydroxyl groups is 1. The average Bonchev–Trinajstić information content (AvgIpc) is 2.31. The minimum absolute atomic E-state index is 0. The molecule has 66 valence electrons. The molecule has 1 atom stereocenters. The van der Waals surface area contributed by atoms with Crippen LogP contribution >= 0.6 is 0 Å². The lowest BCUT2D eigenvalue weighted by atomic mass is 10.3. The summed E-state index contributed by atoms with van der Waals surface area (Å²) in [5.41, 5.74) is 0. The lowest BCUT2D eigenvalue weighted by Crippen LogP contribution is -2.11. The molecule has 0 spiro atoms. The van der Waals surface area contributed by atoms with Gasteiger partial charge in [-0.05, 0) is 12.1 Å². The third-order valence-electron chi connectivity index (χ3n) is 1.53. The Hall–Kier alpha value is -1.38. The predicted octanol–water partition coefficient (Wildman–Crippen LogP) is 2.15. The second-order valence-corrected chi connectivity index (χ2v) is 2.41. The summed E-state index contributed by atoms with van der Waals surface area (Å²) in [6.07, 6.45) is -0.293. The average molecular weight is 168 g/mol. The fourth-order valence-corrected chi connectivity index (χ4v) is 1.08. The lowest BCUT2D eigenvalue weighted by molar-refractivity contribution is 0.0664. The summed E-state index contributed by atoms with van der Waals surface area (Å²) in [6, 6.07) is 5.05. The molecule has 0 radical (unpaired) electrons. The summed E-state index contributed by atoms with van der Waals surface area (Å²) in [5, 5.41) is 9.24. The van der Waals surface area contributed by atoms with E-state index >= 15 is 0 Å². The Kier molecular flexibility index (Phi) is 2.13. The second kappa shape index (κ2) is 2.93. The van der Waals surface area contributed by atoms with Gasteiger partial charge in [0.05, 0.1) is 0 Å². The standard InChI is InChI=1S/C8H8O3.CH4/c1-5-10-7-4-2-3-6(9)8(7)11-5;/h2-5,9H,1H3;1H4. The number of benzene rings is 1. The Morgan fingerprint density at radius 2 is 2.08 bits per heavy atom. The number of hydrogen-bond donors (Lipinski definition) is 1. The minimum atomic E-state index is -0.293. The SMILES string of the molecule is C.CC1Oc2cccc(O)c2O1. The van der Waals surface area contributed by atoms with Crippen molar-refractivity contribution in [3.63, 3.8) is 0 Å². The first-order chi connectivity index (χ1) is 5.27. The van der Waals surface area contributed by atoms with Crippen LogP contribution in [0.4, 0.5) is 0 Å². The van der Waals surface area contributed by atoms with Gasteiger partial charge in [-0.2, -0.15) is 0 Å². The van der Waals surface area contributed by atoms with Crippen LogP contribution in [-0.4, -0.2) is 11.4 Å². The molecular formula is C9H12O3. The molecule has 1 aromatic carbocycles. The number of phenols is 1. The van der Waals surface area contributed by atoms with Crippen LogP contribution in [0.5, 0.6) is 17.2 Å². The third-order valence-corrected chi connectivity index (χ3v) is 1.53. The Morgan fingerprint density at radius 3 is 2.75 bits per heavy atom. The number of rotatable bonds is 0. The molecule has 0 aliphatic carbocycles. The normalized spacial score (nSPS) is 18.6. The van der Waals surface area contributed by atoms with Gasteiger partial charge in [0.2, 0.25) is 12.0 Å². The molecule has 1 aliphatic heterocycles. The van der Waals surface area contributed by atoms with Crippen LogP contribution in [0, 0.1) is 0 Å². The number of fused-ring (bicyclic) bond motifs is 1. The van der Waals surface area contributed by atoms with Crippen LogP contribution in [0.25, 0.3) is 0 Å². The van der Waals surface area contributed by atoms with E-state index in [0.29, 0.717) is 11.5 Å². The maximum absolute atomic E-state index is 9.24. The van der Waals surface area contributed by atoms with Gasteiger partial charge in [-0.3, -0.25) is 0 Å². The summed E-state index contributed by atoms with van der Waals surface area (Å²) in [6.45, 7) is 1.78. The van der Waals surface area contributed by atoms with E-state index in [9.17, 15) is 5.11 Å². The first-order valence-electron chi connectivity index (χ1n) is 3.42. The van der Waals surface area contributed by atoms with Crippen molar-refractivity contribution in [3.8, 4) is 17.2 Å². The zero-order chi connectivity index (χ0) is 7.84. The molecular weight excluding hydrogens is 156 g/mol. The molecule has 1 unspecified atom stereocenters. The Morgan fingerprint density at radius 1 is 1.33 bits per heavy atom. The maximum atomic E-state index is 9.24. The molecule has 0 aromatic heterocycles. The van der Waals surface area contributed by atoms with Gasteiger partial charge in [0.25, 0.3) is 0 Å². The van der Waals surface area contributed by atoms with Gasteiger partial charge in [-0.15, -0.1) is 0 Å². The van der Waals surface area contributed by atoms with Gasteiger partial charge < -0.3 is 14.6 Å². The molecule has 1 N–H and O–H groups in total. The molecule has 1 aromatic rings. The van der Waals surface area contributed by atoms with Crippen molar-refractivity contribution in [1.29, 1.82) is 0 Å². The van der Waals surface area contributed by atoms with E-state index in [1.807, 2.05) is 0 Å². The predicted molar refractivity (Wildman–Crippen MR) is 45.6 cm³/mol. The Balaban J connectivity index is 0.000000720. The molecule has 3 nitrogen and oxygen atoms in total. The van der Waals surface area contributed by atoms with E-state index in [2.05, 4.69) is 0 Å². The minimum Gasteiger partial charge on any atom is -0.504 e. The van der Waals surface area contributed by atoms with Crippen molar-refractivity contribution in [2.75, 3.05) is 0 Å². The van der Waals surface area contributed by atoms with E-state index in [1.165, 1.54) is 0 Å². The van der Waals surface area contributed by atoms with Crippen LogP contribution in [0.3, 0.4) is 0 Å². The van der Waals surface area contributed by atoms with Gasteiger partial charge >= 0.3 is 0 Å². The lowest BCUT2D eigenvalue weighted by Gasteiger charge is -2.00. The van der Waals surface area contributed by atoms with E-state index in [1.54, 1.807) is 25.1 Å². The van der Waals surface area contributed by atoms with Crippen LogP contribution < -0.4 is 9.47 Å². The van der Waals surface area contributed by atoms with Gasteiger partial charge in [0, 0.05) is 6.92 Å². The molecule has 0 saturated heterocycles. The van der Waals surface area contributed by atoms with Crippen molar-refractivity contribution in [2.24, 2.45) is 0 Å². The molecule has 0 bridgehead atoms. The summed E-state index contributed by atoms with van der Waals surface area (Å²) in [5.74, 6) is 1.18. The number of ether oxygens (including phenoxy) is 2. The summed E-state index contributed by atoms with van der Waals surface area (Å²) in [4.78, 5) is 0. The van der Waals surface area contributed by atoms with E-state index in [4.69, 9.17) is 9.47 Å². The van der Waals surface area contributed by atoms with Crippen LogP contribution in [-0.2, 0) is 0 Å². The molecule has 1 heterocycles. The largest absolute Gasteiger partial charge is 0.504 e. The van der Waals surface area contributed by atoms with E-state index in [0.717, 1.165) is 0 Å². The topological polar surface area (TPSA) is 38.7 Å². The smallest absolute Gasteiger partial charge is 0.239 e. The Bertz CT molecular complexity index is 283.